The van der Waals surface area contributed by atoms with Gasteiger partial charge in [-0.2, -0.15) is 0 Å². The third-order valence-corrected chi connectivity index (χ3v) is 2.06. The Labute approximate surface area is 96.7 Å². The van der Waals surface area contributed by atoms with Crippen LogP contribution in [-0.4, -0.2) is 31.1 Å². The van der Waals surface area contributed by atoms with Gasteiger partial charge < -0.3 is 15.8 Å². The van der Waals surface area contributed by atoms with E-state index in [1.54, 1.807) is 0 Å². The molecule has 0 aromatic carbocycles. The lowest BCUT2D eigenvalue weighted by Crippen LogP contribution is -2.40. The van der Waals surface area contributed by atoms with Crippen LogP contribution in [0.4, 0.5) is 0 Å². The van der Waals surface area contributed by atoms with Gasteiger partial charge in [-0.15, -0.1) is 0 Å². The third kappa shape index (κ3) is 7.23. The molecular weight excluding hydrogens is 208 g/mol. The molecular formula is C11H22N2O3. The topological polar surface area (TPSA) is 81.4 Å². The summed E-state index contributed by atoms with van der Waals surface area (Å²) in [4.78, 5) is 22.5. The summed E-state index contributed by atoms with van der Waals surface area (Å²) in [6, 6.07) is -0.532. The smallest absolute Gasteiger partial charge is 0.328 e. The molecule has 0 aliphatic heterocycles. The van der Waals surface area contributed by atoms with Crippen molar-refractivity contribution in [3.63, 3.8) is 0 Å². The summed E-state index contributed by atoms with van der Waals surface area (Å²) in [5.74, 6) is -0.569. The van der Waals surface area contributed by atoms with Crippen molar-refractivity contribution >= 4 is 11.9 Å². The maximum atomic E-state index is 11.6. The molecule has 0 aromatic rings. The van der Waals surface area contributed by atoms with Gasteiger partial charge in [0.2, 0.25) is 5.91 Å². The van der Waals surface area contributed by atoms with Crippen LogP contribution in [0, 0.1) is 0 Å². The monoisotopic (exact) mass is 230 g/mol. The molecule has 0 fully saturated rings. The quantitative estimate of drug-likeness (QED) is 0.472. The van der Waals surface area contributed by atoms with Crippen molar-refractivity contribution in [2.24, 2.45) is 5.73 Å². The van der Waals surface area contributed by atoms with Gasteiger partial charge in [-0.1, -0.05) is 6.92 Å². The van der Waals surface area contributed by atoms with Crippen molar-refractivity contribution < 1.29 is 14.3 Å². The third-order valence-electron chi connectivity index (χ3n) is 2.06. The summed E-state index contributed by atoms with van der Waals surface area (Å²) in [6.45, 7) is 4.31. The Morgan fingerprint density at radius 2 is 2.06 bits per heavy atom. The minimum Gasteiger partial charge on any atom is -0.464 e. The number of amides is 1. The van der Waals surface area contributed by atoms with Gasteiger partial charge in [-0.25, -0.2) is 4.79 Å². The van der Waals surface area contributed by atoms with Crippen molar-refractivity contribution in [2.45, 2.75) is 45.6 Å². The fourth-order valence-corrected chi connectivity index (χ4v) is 1.29. The molecule has 0 saturated heterocycles. The fraction of sp³-hybridized carbons (Fsp3) is 0.818. The summed E-state index contributed by atoms with van der Waals surface area (Å²) >= 11 is 0. The Balaban J connectivity index is 4.06. The molecule has 0 spiro atoms. The van der Waals surface area contributed by atoms with E-state index in [0.717, 1.165) is 19.3 Å². The van der Waals surface area contributed by atoms with Gasteiger partial charge in [0.1, 0.15) is 6.04 Å². The molecule has 0 unspecified atom stereocenters. The number of hydrogen-bond donors (Lipinski definition) is 2. The highest BCUT2D eigenvalue weighted by molar-refractivity contribution is 5.83. The Hall–Kier alpha value is -1.10. The molecule has 1 atom stereocenters. The number of esters is 1. The summed E-state index contributed by atoms with van der Waals surface area (Å²) in [5.41, 5.74) is 5.37. The number of hydrogen-bond acceptors (Lipinski definition) is 4. The number of carbonyl (C=O) groups excluding carboxylic acids is 2. The molecule has 0 aromatic heterocycles. The van der Waals surface area contributed by atoms with Crippen molar-refractivity contribution in [2.75, 3.05) is 13.2 Å². The normalized spacial score (nSPS) is 11.9. The lowest BCUT2D eigenvalue weighted by Gasteiger charge is -2.16. The average molecular weight is 230 g/mol. The Kier molecular flexibility index (Phi) is 8.52. The molecule has 16 heavy (non-hydrogen) atoms. The molecule has 0 heterocycles. The van der Waals surface area contributed by atoms with Gasteiger partial charge in [0.25, 0.3) is 0 Å². The SMILES string of the molecule is CCCOC(=O)[C@H](CCCCN)NC(C)=O. The lowest BCUT2D eigenvalue weighted by atomic mass is 10.1. The molecule has 0 radical (unpaired) electrons. The van der Waals surface area contributed by atoms with Gasteiger partial charge in [0, 0.05) is 6.92 Å². The van der Waals surface area contributed by atoms with E-state index in [-0.39, 0.29) is 11.9 Å². The molecule has 0 saturated carbocycles. The summed E-state index contributed by atoms with van der Waals surface area (Å²) < 4.78 is 5.00. The van der Waals surface area contributed by atoms with Crippen LogP contribution in [0.15, 0.2) is 0 Å². The number of nitrogens with one attached hydrogen (secondary N) is 1. The van der Waals surface area contributed by atoms with Crippen LogP contribution in [-0.2, 0) is 14.3 Å². The molecule has 94 valence electrons. The average Bonchev–Trinajstić information content (AvgIpc) is 2.24. The van der Waals surface area contributed by atoms with Crippen molar-refractivity contribution in [3.05, 3.63) is 0 Å². The standard InChI is InChI=1S/C11H22N2O3/c1-3-8-16-11(15)10(13-9(2)14)6-4-5-7-12/h10H,3-8,12H2,1-2H3,(H,13,14)/t10-/m0/s1. The van der Waals surface area contributed by atoms with Gasteiger partial charge in [0.15, 0.2) is 0 Å². The van der Waals surface area contributed by atoms with Crippen LogP contribution < -0.4 is 11.1 Å². The van der Waals surface area contributed by atoms with Gasteiger partial charge >= 0.3 is 5.97 Å². The minimum atomic E-state index is -0.532. The van der Waals surface area contributed by atoms with Gasteiger partial charge in [0.05, 0.1) is 6.61 Å². The molecule has 1 amide bonds. The van der Waals surface area contributed by atoms with Crippen molar-refractivity contribution in [3.8, 4) is 0 Å². The zero-order chi connectivity index (χ0) is 12.4. The first kappa shape index (κ1) is 14.9. The summed E-state index contributed by atoms with van der Waals surface area (Å²) in [5, 5.41) is 2.59. The van der Waals surface area contributed by atoms with Crippen LogP contribution in [0.1, 0.15) is 39.5 Å². The minimum absolute atomic E-state index is 0.216. The van der Waals surface area contributed by atoms with Crippen LogP contribution in [0.3, 0.4) is 0 Å². The number of carbonyl (C=O) groups is 2. The van der Waals surface area contributed by atoms with Crippen LogP contribution in [0.2, 0.25) is 0 Å². The first-order valence-corrected chi connectivity index (χ1v) is 5.75. The highest BCUT2D eigenvalue weighted by atomic mass is 16.5. The number of unbranched alkanes of at least 4 members (excludes halogenated alkanes) is 1. The van der Waals surface area contributed by atoms with Crippen LogP contribution in [0.5, 0.6) is 0 Å². The van der Waals surface area contributed by atoms with Gasteiger partial charge in [-0.3, -0.25) is 4.79 Å². The second kappa shape index (κ2) is 9.15. The van der Waals surface area contributed by atoms with E-state index >= 15 is 0 Å². The van der Waals surface area contributed by atoms with E-state index < -0.39 is 6.04 Å². The predicted molar refractivity (Wildman–Crippen MR) is 61.8 cm³/mol. The largest absolute Gasteiger partial charge is 0.464 e. The van der Waals surface area contributed by atoms with E-state index in [0.29, 0.717) is 19.6 Å². The van der Waals surface area contributed by atoms with Crippen LogP contribution >= 0.6 is 0 Å². The van der Waals surface area contributed by atoms with E-state index in [1.165, 1.54) is 6.92 Å². The second-order valence-electron chi connectivity index (χ2n) is 3.71. The van der Waals surface area contributed by atoms with Gasteiger partial charge in [-0.05, 0) is 32.2 Å². The maximum absolute atomic E-state index is 11.6. The molecule has 0 aliphatic rings. The van der Waals surface area contributed by atoms with E-state index in [4.69, 9.17) is 10.5 Å². The fourth-order valence-electron chi connectivity index (χ4n) is 1.29. The van der Waals surface area contributed by atoms with Crippen molar-refractivity contribution in [1.82, 2.24) is 5.32 Å². The Morgan fingerprint density at radius 3 is 2.56 bits per heavy atom. The summed E-state index contributed by atoms with van der Waals surface area (Å²) in [7, 11) is 0. The molecule has 3 N–H and O–H groups in total. The number of ether oxygens (including phenoxy) is 1. The zero-order valence-electron chi connectivity index (χ0n) is 10.1. The van der Waals surface area contributed by atoms with E-state index in [1.807, 2.05) is 6.92 Å². The zero-order valence-corrected chi connectivity index (χ0v) is 10.1. The number of rotatable bonds is 8. The summed E-state index contributed by atoms with van der Waals surface area (Å²) in [6.07, 6.45) is 3.01. The lowest BCUT2D eigenvalue weighted by molar-refractivity contribution is -0.148. The highest BCUT2D eigenvalue weighted by Crippen LogP contribution is 2.03. The molecule has 0 bridgehead atoms. The van der Waals surface area contributed by atoms with E-state index in [2.05, 4.69) is 5.32 Å². The molecule has 5 nitrogen and oxygen atoms in total. The van der Waals surface area contributed by atoms with E-state index in [9.17, 15) is 9.59 Å². The predicted octanol–water partition coefficient (Wildman–Crippen LogP) is 0.573. The van der Waals surface area contributed by atoms with Crippen molar-refractivity contribution in [1.29, 1.82) is 0 Å². The highest BCUT2D eigenvalue weighted by Gasteiger charge is 2.19. The molecule has 5 heteroatoms. The molecule has 0 aliphatic carbocycles. The second-order valence-corrected chi connectivity index (χ2v) is 3.71. The van der Waals surface area contributed by atoms with Crippen LogP contribution in [0.25, 0.3) is 0 Å². The maximum Gasteiger partial charge on any atom is 0.328 e. The first-order valence-electron chi connectivity index (χ1n) is 5.75. The first-order chi connectivity index (χ1) is 7.61. The number of nitrogens with two attached hydrogens (primary N) is 1. The molecule has 0 rings (SSSR count). The Morgan fingerprint density at radius 1 is 1.38 bits per heavy atom. The Bertz CT molecular complexity index is 219.